The van der Waals surface area contributed by atoms with Crippen molar-refractivity contribution in [3.63, 3.8) is 0 Å². The van der Waals surface area contributed by atoms with E-state index < -0.39 is 0 Å². The van der Waals surface area contributed by atoms with Crippen molar-refractivity contribution in [2.24, 2.45) is 0 Å². The molecule has 1 aromatic carbocycles. The van der Waals surface area contributed by atoms with E-state index in [1.807, 2.05) is 41.5 Å². The Bertz CT molecular complexity index is 1120. The highest BCUT2D eigenvalue weighted by atomic mass is 32.1. The number of aromatic nitrogens is 1. The minimum absolute atomic E-state index is 0.0501. The van der Waals surface area contributed by atoms with Crippen LogP contribution in [0.1, 0.15) is 39.3 Å². The van der Waals surface area contributed by atoms with Crippen molar-refractivity contribution in [3.8, 4) is 0 Å². The van der Waals surface area contributed by atoms with Gasteiger partial charge in [-0.2, -0.15) is 0 Å². The van der Waals surface area contributed by atoms with E-state index in [-0.39, 0.29) is 24.1 Å². The molecule has 0 atom stereocenters. The highest BCUT2D eigenvalue weighted by Crippen LogP contribution is 2.25. The van der Waals surface area contributed by atoms with Crippen molar-refractivity contribution >= 4 is 51.2 Å². The van der Waals surface area contributed by atoms with Crippen LogP contribution in [0, 0.1) is 6.92 Å². The van der Waals surface area contributed by atoms with Gasteiger partial charge in [0.1, 0.15) is 0 Å². The maximum absolute atomic E-state index is 12.9. The standard InChI is InChI=1S/C23H24N4O3S2/c1-15-6-4-8-18(22(30)27-9-2-3-10-27)21(15)25-19(28)12-16-14-32-23(24-16)26-20(29)13-17-7-5-11-31-17/h4-8,11,14H,2-3,9-10,12-13H2,1H3,(H,25,28)(H,24,26,29). The minimum atomic E-state index is -0.253. The lowest BCUT2D eigenvalue weighted by molar-refractivity contribution is -0.116. The van der Waals surface area contributed by atoms with Gasteiger partial charge in [-0.15, -0.1) is 22.7 Å². The molecule has 0 spiro atoms. The third kappa shape index (κ3) is 5.41. The van der Waals surface area contributed by atoms with Gasteiger partial charge < -0.3 is 15.5 Å². The van der Waals surface area contributed by atoms with Crippen LogP contribution < -0.4 is 10.6 Å². The number of likely N-dealkylation sites (tertiary alicyclic amines) is 1. The summed E-state index contributed by atoms with van der Waals surface area (Å²) in [5, 5.41) is 9.84. The second-order valence-corrected chi connectivity index (χ2v) is 9.56. The molecule has 4 rings (SSSR count). The molecule has 0 bridgehead atoms. The van der Waals surface area contributed by atoms with Crippen LogP contribution in [0.4, 0.5) is 10.8 Å². The number of rotatable bonds is 7. The van der Waals surface area contributed by atoms with E-state index in [0.717, 1.165) is 36.4 Å². The molecule has 1 aliphatic heterocycles. The van der Waals surface area contributed by atoms with Crippen LogP contribution in [0.5, 0.6) is 0 Å². The SMILES string of the molecule is Cc1cccc(C(=O)N2CCCC2)c1NC(=O)Cc1csc(NC(=O)Cc2cccs2)n1. The van der Waals surface area contributed by atoms with Crippen LogP contribution in [0.25, 0.3) is 0 Å². The Morgan fingerprint density at radius 1 is 1.00 bits per heavy atom. The van der Waals surface area contributed by atoms with Crippen LogP contribution in [0.15, 0.2) is 41.1 Å². The van der Waals surface area contributed by atoms with E-state index in [4.69, 9.17) is 0 Å². The van der Waals surface area contributed by atoms with Crippen molar-refractivity contribution in [3.05, 3.63) is 62.8 Å². The molecular weight excluding hydrogens is 444 g/mol. The molecule has 7 nitrogen and oxygen atoms in total. The summed E-state index contributed by atoms with van der Waals surface area (Å²) in [7, 11) is 0. The number of thiophene rings is 1. The van der Waals surface area contributed by atoms with Gasteiger partial charge in [-0.1, -0.05) is 18.2 Å². The number of carbonyl (C=O) groups is 3. The molecule has 0 saturated carbocycles. The van der Waals surface area contributed by atoms with Gasteiger partial charge in [-0.05, 0) is 42.8 Å². The summed E-state index contributed by atoms with van der Waals surface area (Å²) < 4.78 is 0. The number of anilines is 2. The third-order valence-electron chi connectivity index (χ3n) is 5.22. The van der Waals surface area contributed by atoms with Crippen molar-refractivity contribution in [2.75, 3.05) is 23.7 Å². The molecule has 166 valence electrons. The number of hydrogen-bond acceptors (Lipinski definition) is 6. The number of benzene rings is 1. The number of aryl methyl sites for hydroxylation is 1. The van der Waals surface area contributed by atoms with Crippen molar-refractivity contribution in [2.45, 2.75) is 32.6 Å². The fourth-order valence-corrected chi connectivity index (χ4v) is 5.06. The van der Waals surface area contributed by atoms with Crippen LogP contribution in [-0.4, -0.2) is 40.7 Å². The summed E-state index contributed by atoms with van der Waals surface area (Å²) >= 11 is 2.82. The topological polar surface area (TPSA) is 91.4 Å². The Morgan fingerprint density at radius 3 is 2.53 bits per heavy atom. The lowest BCUT2D eigenvalue weighted by Crippen LogP contribution is -2.29. The first-order valence-electron chi connectivity index (χ1n) is 10.4. The lowest BCUT2D eigenvalue weighted by atomic mass is 10.1. The van der Waals surface area contributed by atoms with E-state index in [0.29, 0.717) is 28.5 Å². The summed E-state index contributed by atoms with van der Waals surface area (Å²) in [5.41, 5.74) is 2.47. The van der Waals surface area contributed by atoms with E-state index in [1.54, 1.807) is 11.4 Å². The molecule has 2 N–H and O–H groups in total. The Kier molecular flexibility index (Phi) is 6.96. The van der Waals surface area contributed by atoms with E-state index in [9.17, 15) is 14.4 Å². The quantitative estimate of drug-likeness (QED) is 0.546. The fraction of sp³-hybridized carbons (Fsp3) is 0.304. The molecule has 0 aliphatic carbocycles. The first kappa shape index (κ1) is 22.2. The molecule has 3 aromatic rings. The largest absolute Gasteiger partial charge is 0.339 e. The van der Waals surface area contributed by atoms with Gasteiger partial charge >= 0.3 is 0 Å². The number of para-hydroxylation sites is 1. The molecular formula is C23H24N4O3S2. The second-order valence-electron chi connectivity index (χ2n) is 7.67. The van der Waals surface area contributed by atoms with Gasteiger partial charge in [0.2, 0.25) is 11.8 Å². The minimum Gasteiger partial charge on any atom is -0.339 e. The van der Waals surface area contributed by atoms with Crippen LogP contribution >= 0.6 is 22.7 Å². The molecule has 9 heteroatoms. The van der Waals surface area contributed by atoms with Gasteiger partial charge in [0.15, 0.2) is 5.13 Å². The van der Waals surface area contributed by atoms with Crippen LogP contribution in [0.3, 0.4) is 0 Å². The predicted octanol–water partition coefficient (Wildman–Crippen LogP) is 4.11. The summed E-state index contributed by atoms with van der Waals surface area (Å²) in [5.74, 6) is -0.440. The van der Waals surface area contributed by atoms with Crippen LogP contribution in [0.2, 0.25) is 0 Å². The first-order chi connectivity index (χ1) is 15.5. The van der Waals surface area contributed by atoms with Crippen molar-refractivity contribution in [1.82, 2.24) is 9.88 Å². The third-order valence-corrected chi connectivity index (χ3v) is 6.90. The first-order valence-corrected chi connectivity index (χ1v) is 12.2. The zero-order valence-electron chi connectivity index (χ0n) is 17.7. The highest BCUT2D eigenvalue weighted by Gasteiger charge is 2.23. The fourth-order valence-electron chi connectivity index (χ4n) is 3.63. The van der Waals surface area contributed by atoms with Gasteiger partial charge in [-0.3, -0.25) is 14.4 Å². The smallest absolute Gasteiger partial charge is 0.255 e. The Balaban J connectivity index is 1.38. The van der Waals surface area contributed by atoms with E-state index in [2.05, 4.69) is 15.6 Å². The zero-order valence-corrected chi connectivity index (χ0v) is 19.4. The summed E-state index contributed by atoms with van der Waals surface area (Å²) in [6, 6.07) is 9.29. The van der Waals surface area contributed by atoms with Gasteiger partial charge in [0.05, 0.1) is 29.8 Å². The number of thiazole rings is 1. The number of amides is 3. The zero-order chi connectivity index (χ0) is 22.5. The molecule has 1 aliphatic rings. The molecule has 3 heterocycles. The summed E-state index contributed by atoms with van der Waals surface area (Å²) in [6.07, 6.45) is 2.38. The van der Waals surface area contributed by atoms with Crippen LogP contribution in [-0.2, 0) is 22.4 Å². The maximum atomic E-state index is 12.9. The number of carbonyl (C=O) groups excluding carboxylic acids is 3. The van der Waals surface area contributed by atoms with Gasteiger partial charge in [0.25, 0.3) is 5.91 Å². The summed E-state index contributed by atoms with van der Waals surface area (Å²) in [6.45, 7) is 3.38. The average molecular weight is 469 g/mol. The van der Waals surface area contributed by atoms with Crippen molar-refractivity contribution in [1.29, 1.82) is 0 Å². The van der Waals surface area contributed by atoms with Gasteiger partial charge in [0, 0.05) is 23.3 Å². The number of nitrogens with zero attached hydrogens (tertiary/aromatic N) is 2. The maximum Gasteiger partial charge on any atom is 0.255 e. The predicted molar refractivity (Wildman–Crippen MR) is 127 cm³/mol. The van der Waals surface area contributed by atoms with E-state index in [1.165, 1.54) is 22.7 Å². The number of hydrogen-bond donors (Lipinski definition) is 2. The highest BCUT2D eigenvalue weighted by molar-refractivity contribution is 7.14. The molecule has 1 saturated heterocycles. The van der Waals surface area contributed by atoms with E-state index >= 15 is 0 Å². The Labute approximate surface area is 194 Å². The lowest BCUT2D eigenvalue weighted by Gasteiger charge is -2.19. The Morgan fingerprint density at radius 2 is 1.78 bits per heavy atom. The summed E-state index contributed by atoms with van der Waals surface area (Å²) in [4.78, 5) is 44.9. The molecule has 1 fully saturated rings. The molecule has 0 radical (unpaired) electrons. The Hall–Kier alpha value is -3.04. The normalized spacial score (nSPS) is 13.2. The molecule has 2 aromatic heterocycles. The second kappa shape index (κ2) is 10.1. The average Bonchev–Trinajstić information content (AvgIpc) is 3.52. The molecule has 0 unspecified atom stereocenters. The monoisotopic (exact) mass is 468 g/mol. The molecule has 32 heavy (non-hydrogen) atoms. The number of nitrogens with one attached hydrogen (secondary N) is 2. The van der Waals surface area contributed by atoms with Crippen molar-refractivity contribution < 1.29 is 14.4 Å². The molecule has 3 amide bonds. The van der Waals surface area contributed by atoms with Gasteiger partial charge in [-0.25, -0.2) is 4.98 Å².